The molecule has 4 rings (SSSR count). The molecule has 1 heterocycles. The zero-order chi connectivity index (χ0) is 24.1. The second-order valence-electron chi connectivity index (χ2n) is 7.90. The van der Waals surface area contributed by atoms with Gasteiger partial charge >= 0.3 is 5.63 Å². The van der Waals surface area contributed by atoms with Crippen LogP contribution in [-0.4, -0.2) is 23.7 Å². The lowest BCUT2D eigenvalue weighted by atomic mass is 10.0. The Morgan fingerprint density at radius 1 is 1.09 bits per heavy atom. The van der Waals surface area contributed by atoms with Crippen molar-refractivity contribution in [3.63, 3.8) is 0 Å². The van der Waals surface area contributed by atoms with Crippen LogP contribution in [0.4, 0.5) is 5.69 Å². The van der Waals surface area contributed by atoms with Crippen molar-refractivity contribution >= 4 is 34.2 Å². The van der Waals surface area contributed by atoms with Crippen LogP contribution in [0.1, 0.15) is 18.9 Å². The highest BCUT2D eigenvalue weighted by Crippen LogP contribution is 2.35. The lowest BCUT2D eigenvalue weighted by Gasteiger charge is -2.17. The summed E-state index contributed by atoms with van der Waals surface area (Å²) < 4.78 is 11.2. The minimum Gasteiger partial charge on any atom is -0.479 e. The molecule has 7 heteroatoms. The Morgan fingerprint density at radius 2 is 1.82 bits per heavy atom. The van der Waals surface area contributed by atoms with E-state index in [2.05, 4.69) is 5.32 Å². The molecule has 0 radical (unpaired) electrons. The van der Waals surface area contributed by atoms with Crippen molar-refractivity contribution in [3.05, 3.63) is 93.8 Å². The van der Waals surface area contributed by atoms with Gasteiger partial charge in [0.05, 0.1) is 5.02 Å². The lowest BCUT2D eigenvalue weighted by Crippen LogP contribution is -2.30. The number of hydrogen-bond acceptors (Lipinski definition) is 5. The molecule has 0 saturated carbocycles. The minimum absolute atomic E-state index is 0.141. The molecule has 0 spiro atoms. The number of carbonyl (C=O) groups is 1. The number of ether oxygens (including phenoxy) is 1. The molecule has 0 fully saturated rings. The average Bonchev–Trinajstić information content (AvgIpc) is 2.84. The molecule has 0 aliphatic heterocycles. The van der Waals surface area contributed by atoms with Crippen LogP contribution in [0.2, 0.25) is 5.02 Å². The molecule has 2 N–H and O–H groups in total. The minimum atomic E-state index is -0.854. The number of aliphatic hydroxyl groups excluding tert-OH is 1. The van der Waals surface area contributed by atoms with Gasteiger partial charge in [-0.3, -0.25) is 4.79 Å². The van der Waals surface area contributed by atoms with Crippen molar-refractivity contribution in [1.82, 2.24) is 0 Å². The zero-order valence-electron chi connectivity index (χ0n) is 18.6. The van der Waals surface area contributed by atoms with E-state index < -0.39 is 11.7 Å². The van der Waals surface area contributed by atoms with Crippen molar-refractivity contribution in [3.8, 4) is 16.9 Å². The lowest BCUT2D eigenvalue weighted by molar-refractivity contribution is -0.122. The van der Waals surface area contributed by atoms with Crippen molar-refractivity contribution in [1.29, 1.82) is 0 Å². The second kappa shape index (κ2) is 10.5. The summed E-state index contributed by atoms with van der Waals surface area (Å²) in [5.41, 5.74) is 3.10. The zero-order valence-corrected chi connectivity index (χ0v) is 19.3. The van der Waals surface area contributed by atoms with Crippen LogP contribution in [0.3, 0.4) is 0 Å². The summed E-state index contributed by atoms with van der Waals surface area (Å²) in [7, 11) is 0. The van der Waals surface area contributed by atoms with E-state index >= 15 is 0 Å². The first-order valence-electron chi connectivity index (χ1n) is 10.9. The van der Waals surface area contributed by atoms with E-state index in [1.807, 2.05) is 42.5 Å². The summed E-state index contributed by atoms with van der Waals surface area (Å²) in [4.78, 5) is 24.8. The number of fused-ring (bicyclic) bond motifs is 1. The van der Waals surface area contributed by atoms with Crippen molar-refractivity contribution in [2.24, 2.45) is 0 Å². The molecule has 4 aromatic rings. The SMILES string of the molecule is CC(Oc1cc2oc(=O)cc(-c3ccccc3)c2cc1Cl)C(=O)Nc1ccc(CCCO)cc1. The van der Waals surface area contributed by atoms with Crippen LogP contribution in [0, 0.1) is 0 Å². The molecule has 1 atom stereocenters. The van der Waals surface area contributed by atoms with E-state index in [9.17, 15) is 9.59 Å². The number of amides is 1. The maximum absolute atomic E-state index is 12.7. The monoisotopic (exact) mass is 477 g/mol. The fourth-order valence-corrected chi connectivity index (χ4v) is 3.84. The smallest absolute Gasteiger partial charge is 0.336 e. The van der Waals surface area contributed by atoms with Crippen molar-refractivity contribution < 1.29 is 19.1 Å². The molecule has 0 aliphatic carbocycles. The molecule has 174 valence electrons. The third-order valence-corrected chi connectivity index (χ3v) is 5.70. The summed E-state index contributed by atoms with van der Waals surface area (Å²) in [6, 6.07) is 21.5. The van der Waals surface area contributed by atoms with Gasteiger partial charge in [-0.2, -0.15) is 0 Å². The van der Waals surface area contributed by atoms with Gasteiger partial charge in [-0.25, -0.2) is 4.79 Å². The number of nitrogens with one attached hydrogen (secondary N) is 1. The van der Waals surface area contributed by atoms with Crippen LogP contribution in [-0.2, 0) is 11.2 Å². The van der Waals surface area contributed by atoms with Gasteiger partial charge in [0.1, 0.15) is 11.3 Å². The van der Waals surface area contributed by atoms with Gasteiger partial charge in [0.25, 0.3) is 5.91 Å². The van der Waals surface area contributed by atoms with Gasteiger partial charge in [0.2, 0.25) is 0 Å². The van der Waals surface area contributed by atoms with E-state index in [0.29, 0.717) is 33.7 Å². The van der Waals surface area contributed by atoms with Gasteiger partial charge in [0, 0.05) is 29.8 Å². The van der Waals surface area contributed by atoms with Crippen LogP contribution < -0.4 is 15.7 Å². The molecule has 0 saturated heterocycles. The number of carbonyl (C=O) groups excluding carboxylic acids is 1. The highest BCUT2D eigenvalue weighted by molar-refractivity contribution is 6.33. The first-order valence-corrected chi connectivity index (χ1v) is 11.3. The molecule has 3 aromatic carbocycles. The van der Waals surface area contributed by atoms with E-state index in [0.717, 1.165) is 17.5 Å². The molecule has 0 bridgehead atoms. The second-order valence-corrected chi connectivity index (χ2v) is 8.30. The van der Waals surface area contributed by atoms with Crippen molar-refractivity contribution in [2.45, 2.75) is 25.9 Å². The topological polar surface area (TPSA) is 88.8 Å². The predicted octanol–water partition coefficient (Wildman–Crippen LogP) is 5.44. The number of benzene rings is 3. The van der Waals surface area contributed by atoms with Crippen LogP contribution in [0.5, 0.6) is 5.75 Å². The van der Waals surface area contributed by atoms with Gasteiger partial charge in [-0.1, -0.05) is 54.1 Å². The fraction of sp³-hybridized carbons (Fsp3) is 0.185. The molecular weight excluding hydrogens is 454 g/mol. The Kier molecular flexibility index (Phi) is 7.30. The van der Waals surface area contributed by atoms with Gasteiger partial charge in [-0.15, -0.1) is 0 Å². The molecule has 34 heavy (non-hydrogen) atoms. The number of hydrogen-bond donors (Lipinski definition) is 2. The highest BCUT2D eigenvalue weighted by Gasteiger charge is 2.19. The van der Waals surface area contributed by atoms with Gasteiger partial charge in [-0.05, 0) is 54.7 Å². The summed E-state index contributed by atoms with van der Waals surface area (Å²) in [5.74, 6) is -0.108. The number of aliphatic hydroxyl groups is 1. The Morgan fingerprint density at radius 3 is 2.53 bits per heavy atom. The quantitative estimate of drug-likeness (QED) is 0.330. The third-order valence-electron chi connectivity index (χ3n) is 5.40. The summed E-state index contributed by atoms with van der Waals surface area (Å²) >= 11 is 6.48. The Bertz CT molecular complexity index is 1350. The maximum Gasteiger partial charge on any atom is 0.336 e. The number of rotatable bonds is 8. The fourth-order valence-electron chi connectivity index (χ4n) is 3.64. The van der Waals surface area contributed by atoms with Crippen LogP contribution in [0.25, 0.3) is 22.1 Å². The summed E-state index contributed by atoms with van der Waals surface area (Å²) in [6.45, 7) is 1.75. The predicted molar refractivity (Wildman–Crippen MR) is 133 cm³/mol. The van der Waals surface area contributed by atoms with E-state index in [-0.39, 0.29) is 18.3 Å². The Labute approximate surface area is 201 Å². The van der Waals surface area contributed by atoms with Gasteiger partial charge < -0.3 is 19.6 Å². The van der Waals surface area contributed by atoms with E-state index in [4.69, 9.17) is 25.9 Å². The Balaban J connectivity index is 1.53. The number of halogens is 1. The molecule has 1 unspecified atom stereocenters. The third kappa shape index (κ3) is 5.47. The maximum atomic E-state index is 12.7. The molecular formula is C27H24ClNO5. The standard InChI is InChI=1S/C27H24ClNO5/c1-17(27(32)29-20-11-9-18(10-12-20)6-5-13-30)33-25-16-24-22(14-23(25)28)21(15-26(31)34-24)19-7-3-2-4-8-19/h2-4,7-12,14-17,30H,5-6,13H2,1H3,(H,29,32). The Hall–Kier alpha value is -3.61. The first kappa shape index (κ1) is 23.5. The molecule has 1 aromatic heterocycles. The van der Waals surface area contributed by atoms with E-state index in [1.165, 1.54) is 12.1 Å². The van der Waals surface area contributed by atoms with Crippen LogP contribution >= 0.6 is 11.6 Å². The molecule has 1 amide bonds. The normalized spacial score (nSPS) is 11.9. The highest BCUT2D eigenvalue weighted by atomic mass is 35.5. The number of aryl methyl sites for hydroxylation is 1. The molecule has 0 aliphatic rings. The van der Waals surface area contributed by atoms with Gasteiger partial charge in [0.15, 0.2) is 6.10 Å². The molecule has 6 nitrogen and oxygen atoms in total. The number of anilines is 1. The largest absolute Gasteiger partial charge is 0.479 e. The summed E-state index contributed by atoms with van der Waals surface area (Å²) in [5, 5.41) is 12.7. The van der Waals surface area contributed by atoms with Crippen molar-refractivity contribution in [2.75, 3.05) is 11.9 Å². The van der Waals surface area contributed by atoms with Crippen LogP contribution in [0.15, 0.2) is 82.0 Å². The van der Waals surface area contributed by atoms with E-state index in [1.54, 1.807) is 25.1 Å². The first-order chi connectivity index (χ1) is 16.4. The average molecular weight is 478 g/mol. The summed E-state index contributed by atoms with van der Waals surface area (Å²) in [6.07, 6.45) is 0.608.